The normalized spacial score (nSPS) is 18.4. The fourth-order valence-corrected chi connectivity index (χ4v) is 2.69. The quantitative estimate of drug-likeness (QED) is 0.813. The van der Waals surface area contributed by atoms with E-state index in [1.807, 2.05) is 7.05 Å². The average Bonchev–Trinajstić information content (AvgIpc) is 2.80. The monoisotopic (exact) mass is 250 g/mol. The lowest BCUT2D eigenvalue weighted by Gasteiger charge is -2.21. The molecule has 1 N–H and O–H groups in total. The van der Waals surface area contributed by atoms with E-state index in [0.717, 1.165) is 13.0 Å². The number of nitrogens with one attached hydrogen (secondary N) is 1. The van der Waals surface area contributed by atoms with Crippen molar-refractivity contribution >= 4 is 5.97 Å². The summed E-state index contributed by atoms with van der Waals surface area (Å²) in [7, 11) is 3.46. The molecule has 4 heteroatoms. The van der Waals surface area contributed by atoms with E-state index >= 15 is 0 Å². The third-order valence-corrected chi connectivity index (χ3v) is 3.69. The van der Waals surface area contributed by atoms with Gasteiger partial charge in [0.15, 0.2) is 0 Å². The number of methoxy groups -OCH3 is 1. The molecule has 100 valence electrons. The molecule has 1 aliphatic carbocycles. The zero-order valence-electron chi connectivity index (χ0n) is 11.2. The lowest BCUT2D eigenvalue weighted by molar-refractivity contribution is -0.140. The van der Waals surface area contributed by atoms with Crippen LogP contribution in [0.5, 0.6) is 0 Å². The van der Waals surface area contributed by atoms with Gasteiger partial charge in [0.2, 0.25) is 0 Å². The van der Waals surface area contributed by atoms with Gasteiger partial charge in [0.05, 0.1) is 7.11 Å². The highest BCUT2D eigenvalue weighted by molar-refractivity contribution is 5.68. The summed E-state index contributed by atoms with van der Waals surface area (Å²) in [4.78, 5) is 11.1. The van der Waals surface area contributed by atoms with Gasteiger partial charge in [-0.3, -0.25) is 4.79 Å². The van der Waals surface area contributed by atoms with Crippen molar-refractivity contribution in [3.63, 3.8) is 0 Å². The molecule has 0 aromatic carbocycles. The van der Waals surface area contributed by atoms with Gasteiger partial charge in [-0.05, 0) is 43.9 Å². The molecule has 0 fully saturated rings. The number of carbonyl (C=O) groups excluding carboxylic acids is 1. The summed E-state index contributed by atoms with van der Waals surface area (Å²) in [5, 5.41) is 3.37. The molecule has 0 saturated heterocycles. The van der Waals surface area contributed by atoms with Crippen molar-refractivity contribution in [1.82, 2.24) is 9.88 Å². The Morgan fingerprint density at radius 2 is 2.39 bits per heavy atom. The fourth-order valence-electron chi connectivity index (χ4n) is 2.69. The predicted octanol–water partition coefficient (Wildman–Crippen LogP) is 2.04. The topological polar surface area (TPSA) is 43.3 Å². The molecule has 0 bridgehead atoms. The van der Waals surface area contributed by atoms with Crippen molar-refractivity contribution in [1.29, 1.82) is 0 Å². The zero-order chi connectivity index (χ0) is 13.0. The van der Waals surface area contributed by atoms with E-state index < -0.39 is 0 Å². The molecule has 4 nitrogen and oxygen atoms in total. The largest absolute Gasteiger partial charge is 0.469 e. The summed E-state index contributed by atoms with van der Waals surface area (Å²) in [6.07, 6.45) is 9.44. The number of carbonyl (C=O) groups is 1. The van der Waals surface area contributed by atoms with Crippen LogP contribution in [0.15, 0.2) is 12.4 Å². The van der Waals surface area contributed by atoms with Crippen molar-refractivity contribution in [2.75, 3.05) is 14.2 Å². The number of nitrogens with zero attached hydrogens (tertiary/aromatic N) is 1. The number of fused-ring (bicyclic) bond motifs is 1. The van der Waals surface area contributed by atoms with E-state index in [9.17, 15) is 4.79 Å². The molecular formula is C14H22N2O2. The van der Waals surface area contributed by atoms with Crippen LogP contribution in [0.4, 0.5) is 0 Å². The highest BCUT2D eigenvalue weighted by Gasteiger charge is 2.20. The summed E-state index contributed by atoms with van der Waals surface area (Å²) in [5.41, 5.74) is 2.89. The fraction of sp³-hybridized carbons (Fsp3) is 0.643. The minimum atomic E-state index is -0.125. The summed E-state index contributed by atoms with van der Waals surface area (Å²) >= 11 is 0. The minimum Gasteiger partial charge on any atom is -0.469 e. The van der Waals surface area contributed by atoms with Crippen LogP contribution in [0.3, 0.4) is 0 Å². The predicted molar refractivity (Wildman–Crippen MR) is 70.4 cm³/mol. The minimum absolute atomic E-state index is 0.125. The Kier molecular flexibility index (Phi) is 4.42. The SMILES string of the molecule is CNC1CCCc2cn(CCCC(=O)OC)cc21. The Hall–Kier alpha value is -1.29. The van der Waals surface area contributed by atoms with Crippen LogP contribution in [0.25, 0.3) is 0 Å². The molecule has 0 amide bonds. The average molecular weight is 250 g/mol. The first-order valence-corrected chi connectivity index (χ1v) is 6.67. The van der Waals surface area contributed by atoms with Gasteiger partial charge in [-0.1, -0.05) is 0 Å². The molecule has 2 rings (SSSR count). The first-order chi connectivity index (χ1) is 8.74. The van der Waals surface area contributed by atoms with Crippen molar-refractivity contribution in [2.45, 2.75) is 44.7 Å². The molecule has 0 saturated carbocycles. The maximum atomic E-state index is 11.1. The maximum absolute atomic E-state index is 11.1. The van der Waals surface area contributed by atoms with Crippen LogP contribution in [0.2, 0.25) is 0 Å². The molecule has 1 aromatic rings. The number of aromatic nitrogens is 1. The molecule has 1 aromatic heterocycles. The van der Waals surface area contributed by atoms with E-state index in [-0.39, 0.29) is 5.97 Å². The van der Waals surface area contributed by atoms with Crippen molar-refractivity contribution < 1.29 is 9.53 Å². The van der Waals surface area contributed by atoms with E-state index in [1.54, 1.807) is 0 Å². The number of rotatable bonds is 5. The Morgan fingerprint density at radius 1 is 1.56 bits per heavy atom. The highest BCUT2D eigenvalue weighted by Crippen LogP contribution is 2.30. The lowest BCUT2D eigenvalue weighted by Crippen LogP contribution is -2.20. The van der Waals surface area contributed by atoms with Crippen molar-refractivity contribution in [2.24, 2.45) is 0 Å². The van der Waals surface area contributed by atoms with Crippen LogP contribution in [0.1, 0.15) is 42.9 Å². The van der Waals surface area contributed by atoms with Crippen molar-refractivity contribution in [3.8, 4) is 0 Å². The second-order valence-corrected chi connectivity index (χ2v) is 4.89. The number of ether oxygens (including phenoxy) is 1. The van der Waals surface area contributed by atoms with Gasteiger partial charge in [0.25, 0.3) is 0 Å². The van der Waals surface area contributed by atoms with E-state index in [0.29, 0.717) is 12.5 Å². The number of esters is 1. The third-order valence-electron chi connectivity index (χ3n) is 3.69. The molecule has 0 aliphatic heterocycles. The summed E-state index contributed by atoms with van der Waals surface area (Å²) in [6, 6.07) is 0.496. The Balaban J connectivity index is 1.94. The summed E-state index contributed by atoms with van der Waals surface area (Å²) < 4.78 is 6.86. The second-order valence-electron chi connectivity index (χ2n) is 4.89. The van der Waals surface area contributed by atoms with E-state index in [2.05, 4.69) is 27.0 Å². The van der Waals surface area contributed by atoms with Gasteiger partial charge in [-0.25, -0.2) is 0 Å². The van der Waals surface area contributed by atoms with E-state index in [1.165, 1.54) is 37.5 Å². The van der Waals surface area contributed by atoms with Crippen LogP contribution >= 0.6 is 0 Å². The number of hydrogen-bond acceptors (Lipinski definition) is 3. The molecule has 0 spiro atoms. The van der Waals surface area contributed by atoms with Gasteiger partial charge in [-0.2, -0.15) is 0 Å². The summed E-state index contributed by atoms with van der Waals surface area (Å²) in [6.45, 7) is 0.887. The van der Waals surface area contributed by atoms with Gasteiger partial charge in [-0.15, -0.1) is 0 Å². The Labute approximate surface area is 108 Å². The lowest BCUT2D eigenvalue weighted by atomic mass is 9.91. The molecule has 1 heterocycles. The van der Waals surface area contributed by atoms with Crippen LogP contribution in [-0.2, 0) is 22.5 Å². The van der Waals surface area contributed by atoms with Gasteiger partial charge >= 0.3 is 5.97 Å². The molecule has 0 radical (unpaired) electrons. The molecule has 1 atom stereocenters. The van der Waals surface area contributed by atoms with Gasteiger partial charge < -0.3 is 14.6 Å². The summed E-state index contributed by atoms with van der Waals surface area (Å²) in [5.74, 6) is -0.125. The second kappa shape index (κ2) is 6.05. The van der Waals surface area contributed by atoms with Crippen molar-refractivity contribution in [3.05, 3.63) is 23.5 Å². The smallest absolute Gasteiger partial charge is 0.305 e. The number of hydrogen-bond donors (Lipinski definition) is 1. The van der Waals surface area contributed by atoms with E-state index in [4.69, 9.17) is 0 Å². The van der Waals surface area contributed by atoms with Gasteiger partial charge in [0.1, 0.15) is 0 Å². The molecule has 18 heavy (non-hydrogen) atoms. The number of aryl methyl sites for hydroxylation is 2. The van der Waals surface area contributed by atoms with Gasteiger partial charge in [0, 0.05) is 31.4 Å². The Bertz CT molecular complexity index is 412. The first kappa shape index (κ1) is 13.1. The first-order valence-electron chi connectivity index (χ1n) is 6.67. The standard InChI is InChI=1S/C14H22N2O2/c1-15-13-6-3-5-11-9-16(10-12(11)13)8-4-7-14(17)18-2/h9-10,13,15H,3-8H2,1-2H3. The maximum Gasteiger partial charge on any atom is 0.305 e. The third kappa shape index (κ3) is 2.93. The molecule has 1 unspecified atom stereocenters. The van der Waals surface area contributed by atoms with Crippen LogP contribution in [0, 0.1) is 0 Å². The highest BCUT2D eigenvalue weighted by atomic mass is 16.5. The Morgan fingerprint density at radius 3 is 3.11 bits per heavy atom. The van der Waals surface area contributed by atoms with Crippen LogP contribution in [-0.4, -0.2) is 24.7 Å². The molecule has 1 aliphatic rings. The molecular weight excluding hydrogens is 228 g/mol. The van der Waals surface area contributed by atoms with Crippen LogP contribution < -0.4 is 5.32 Å². The zero-order valence-corrected chi connectivity index (χ0v) is 11.2.